The Hall–Kier alpha value is -3.28. The maximum absolute atomic E-state index is 13.1. The molecule has 26 heavy (non-hydrogen) atoms. The van der Waals surface area contributed by atoms with E-state index in [-0.39, 0.29) is 12.2 Å². The zero-order valence-electron chi connectivity index (χ0n) is 14.1. The normalized spacial score (nSPS) is 11.8. The fourth-order valence-corrected chi connectivity index (χ4v) is 2.72. The van der Waals surface area contributed by atoms with Crippen LogP contribution >= 0.6 is 0 Å². The van der Waals surface area contributed by atoms with Gasteiger partial charge < -0.3 is 10.1 Å². The van der Waals surface area contributed by atoms with E-state index in [0.29, 0.717) is 16.6 Å². The predicted octanol–water partition coefficient (Wildman–Crippen LogP) is 2.89. The van der Waals surface area contributed by atoms with Gasteiger partial charge in [0.05, 0.1) is 18.2 Å². The molecule has 3 rings (SSSR count). The van der Waals surface area contributed by atoms with Crippen LogP contribution in [-0.2, 0) is 16.0 Å². The number of esters is 1. The first kappa shape index (κ1) is 17.5. The maximum atomic E-state index is 13.1. The Morgan fingerprint density at radius 2 is 1.85 bits per heavy atom. The quantitative estimate of drug-likeness (QED) is 0.717. The first-order chi connectivity index (χ1) is 12.6. The summed E-state index contributed by atoms with van der Waals surface area (Å²) in [5, 5.41) is 3.52. The van der Waals surface area contributed by atoms with E-state index < -0.39 is 17.9 Å². The summed E-state index contributed by atoms with van der Waals surface area (Å²) in [6, 6.07) is 13.8. The molecule has 0 aliphatic carbocycles. The monoisotopic (exact) mass is 352 g/mol. The summed E-state index contributed by atoms with van der Waals surface area (Å²) in [7, 11) is 1.26. The number of nitrogens with zero attached hydrogens (tertiary/aromatic N) is 1. The zero-order chi connectivity index (χ0) is 18.5. The van der Waals surface area contributed by atoms with Crippen molar-refractivity contribution in [1.29, 1.82) is 0 Å². The number of aromatic nitrogens is 1. The molecule has 0 aliphatic heterocycles. The lowest BCUT2D eigenvalue weighted by molar-refractivity contribution is -0.142. The van der Waals surface area contributed by atoms with Crippen molar-refractivity contribution >= 4 is 22.8 Å². The van der Waals surface area contributed by atoms with Crippen molar-refractivity contribution in [3.63, 3.8) is 0 Å². The van der Waals surface area contributed by atoms with Crippen LogP contribution in [0, 0.1) is 5.82 Å². The van der Waals surface area contributed by atoms with Gasteiger partial charge in [0.15, 0.2) is 0 Å². The van der Waals surface area contributed by atoms with E-state index >= 15 is 0 Å². The first-order valence-electron chi connectivity index (χ1n) is 8.05. The molecule has 0 fully saturated rings. The first-order valence-corrected chi connectivity index (χ1v) is 8.05. The molecule has 0 bridgehead atoms. The van der Waals surface area contributed by atoms with Crippen LogP contribution in [0.1, 0.15) is 15.9 Å². The second-order valence-corrected chi connectivity index (χ2v) is 5.76. The van der Waals surface area contributed by atoms with Gasteiger partial charge in [0, 0.05) is 18.0 Å². The molecule has 0 spiro atoms. The van der Waals surface area contributed by atoms with Gasteiger partial charge in [0.1, 0.15) is 11.9 Å². The highest BCUT2D eigenvalue weighted by molar-refractivity contribution is 6.06. The van der Waals surface area contributed by atoms with Crippen LogP contribution in [-0.4, -0.2) is 30.0 Å². The molecule has 1 atom stereocenters. The molecule has 0 unspecified atom stereocenters. The second-order valence-electron chi connectivity index (χ2n) is 5.76. The minimum atomic E-state index is -0.892. The van der Waals surface area contributed by atoms with Gasteiger partial charge in [0.2, 0.25) is 0 Å². The number of hydrogen-bond acceptors (Lipinski definition) is 4. The van der Waals surface area contributed by atoms with Crippen molar-refractivity contribution in [2.45, 2.75) is 12.5 Å². The van der Waals surface area contributed by atoms with Crippen LogP contribution in [0.15, 0.2) is 60.8 Å². The molecule has 132 valence electrons. The van der Waals surface area contributed by atoms with Gasteiger partial charge >= 0.3 is 5.97 Å². The molecule has 0 saturated carbocycles. The number of carbonyl (C=O) groups is 2. The Kier molecular flexibility index (Phi) is 5.22. The average Bonchev–Trinajstić information content (AvgIpc) is 2.68. The van der Waals surface area contributed by atoms with Gasteiger partial charge in [-0.2, -0.15) is 0 Å². The Labute approximate surface area is 149 Å². The number of amides is 1. The van der Waals surface area contributed by atoms with Gasteiger partial charge in [-0.05, 0) is 29.8 Å². The molecule has 0 radical (unpaired) electrons. The highest BCUT2D eigenvalue weighted by Gasteiger charge is 2.23. The third-order valence-corrected chi connectivity index (χ3v) is 4.02. The molecule has 6 heteroatoms. The summed E-state index contributed by atoms with van der Waals surface area (Å²) in [5.41, 5.74) is 1.63. The van der Waals surface area contributed by atoms with Gasteiger partial charge in [-0.1, -0.05) is 30.3 Å². The number of halogens is 1. The highest BCUT2D eigenvalue weighted by atomic mass is 19.1. The van der Waals surface area contributed by atoms with Gasteiger partial charge in [-0.15, -0.1) is 0 Å². The summed E-state index contributed by atoms with van der Waals surface area (Å²) in [5.74, 6) is -1.36. The summed E-state index contributed by atoms with van der Waals surface area (Å²) in [6.07, 6.45) is 1.80. The lowest BCUT2D eigenvalue weighted by atomic mass is 10.0. The van der Waals surface area contributed by atoms with Crippen molar-refractivity contribution in [1.82, 2.24) is 10.3 Å². The standard InChI is InChI=1S/C20H17FN2O3/c1-26-20(25)17(12-13-7-9-15(21)10-8-13)23-19(24)16-6-2-4-14-5-3-11-22-18(14)16/h2-11,17H,12H2,1H3,(H,23,24)/t17-/m0/s1. The van der Waals surface area contributed by atoms with Crippen molar-refractivity contribution in [2.75, 3.05) is 7.11 Å². The van der Waals surface area contributed by atoms with Crippen LogP contribution in [0.2, 0.25) is 0 Å². The predicted molar refractivity (Wildman–Crippen MR) is 95.1 cm³/mol. The number of rotatable bonds is 5. The molecule has 1 aromatic heterocycles. The molecule has 1 N–H and O–H groups in total. The molecular formula is C20H17FN2O3. The van der Waals surface area contributed by atoms with E-state index in [1.807, 2.05) is 12.1 Å². The fraction of sp³-hybridized carbons (Fsp3) is 0.150. The third kappa shape index (κ3) is 3.85. The summed E-state index contributed by atoms with van der Waals surface area (Å²) in [6.45, 7) is 0. The van der Waals surface area contributed by atoms with Gasteiger partial charge in [0.25, 0.3) is 5.91 Å². The number of fused-ring (bicyclic) bond motifs is 1. The zero-order valence-corrected chi connectivity index (χ0v) is 14.1. The molecule has 0 aliphatic rings. The lowest BCUT2D eigenvalue weighted by Gasteiger charge is -2.17. The topological polar surface area (TPSA) is 68.3 Å². The number of para-hydroxylation sites is 1. The number of benzene rings is 2. The van der Waals surface area contributed by atoms with E-state index in [9.17, 15) is 14.0 Å². The summed E-state index contributed by atoms with van der Waals surface area (Å²) in [4.78, 5) is 29.1. The molecule has 1 heterocycles. The van der Waals surface area contributed by atoms with Crippen LogP contribution in [0.4, 0.5) is 4.39 Å². The summed E-state index contributed by atoms with van der Waals surface area (Å²) < 4.78 is 17.8. The van der Waals surface area contributed by atoms with Crippen molar-refractivity contribution in [2.24, 2.45) is 0 Å². The number of methoxy groups -OCH3 is 1. The van der Waals surface area contributed by atoms with Crippen molar-refractivity contribution < 1.29 is 18.7 Å². The van der Waals surface area contributed by atoms with E-state index in [2.05, 4.69) is 10.3 Å². The molecule has 5 nitrogen and oxygen atoms in total. The lowest BCUT2D eigenvalue weighted by Crippen LogP contribution is -2.43. The fourth-order valence-electron chi connectivity index (χ4n) is 2.72. The molecular weight excluding hydrogens is 335 g/mol. The average molecular weight is 352 g/mol. The van der Waals surface area contributed by atoms with E-state index in [1.165, 1.54) is 19.2 Å². The highest BCUT2D eigenvalue weighted by Crippen LogP contribution is 2.16. The minimum absolute atomic E-state index is 0.191. The largest absolute Gasteiger partial charge is 0.467 e. The smallest absolute Gasteiger partial charge is 0.328 e. The molecule has 1 amide bonds. The van der Waals surface area contributed by atoms with Gasteiger partial charge in [-0.3, -0.25) is 9.78 Å². The Bertz CT molecular complexity index is 936. The van der Waals surface area contributed by atoms with Crippen molar-refractivity contribution in [3.8, 4) is 0 Å². The number of ether oxygens (including phenoxy) is 1. The van der Waals surface area contributed by atoms with Crippen molar-refractivity contribution in [3.05, 3.63) is 77.7 Å². The van der Waals surface area contributed by atoms with Crippen LogP contribution in [0.25, 0.3) is 10.9 Å². The Morgan fingerprint density at radius 1 is 1.12 bits per heavy atom. The van der Waals surface area contributed by atoms with Crippen LogP contribution in [0.3, 0.4) is 0 Å². The number of hydrogen-bond donors (Lipinski definition) is 1. The number of pyridine rings is 1. The van der Waals surface area contributed by atoms with Crippen LogP contribution < -0.4 is 5.32 Å². The third-order valence-electron chi connectivity index (χ3n) is 4.02. The molecule has 2 aromatic carbocycles. The minimum Gasteiger partial charge on any atom is -0.467 e. The van der Waals surface area contributed by atoms with E-state index in [4.69, 9.17) is 4.74 Å². The Balaban J connectivity index is 1.85. The SMILES string of the molecule is COC(=O)[C@H](Cc1ccc(F)cc1)NC(=O)c1cccc2cccnc12. The Morgan fingerprint density at radius 3 is 2.58 bits per heavy atom. The second kappa shape index (κ2) is 7.74. The summed E-state index contributed by atoms with van der Waals surface area (Å²) >= 11 is 0. The van der Waals surface area contributed by atoms with Crippen LogP contribution in [0.5, 0.6) is 0 Å². The number of carbonyl (C=O) groups excluding carboxylic acids is 2. The molecule has 3 aromatic rings. The maximum Gasteiger partial charge on any atom is 0.328 e. The van der Waals surface area contributed by atoms with Gasteiger partial charge in [-0.25, -0.2) is 9.18 Å². The van der Waals surface area contributed by atoms with E-state index in [1.54, 1.807) is 36.5 Å². The van der Waals surface area contributed by atoms with E-state index in [0.717, 1.165) is 5.39 Å². The number of nitrogens with one attached hydrogen (secondary N) is 1. The molecule has 0 saturated heterocycles.